The van der Waals surface area contributed by atoms with E-state index in [1.807, 2.05) is 20.8 Å². The van der Waals surface area contributed by atoms with E-state index in [9.17, 15) is 0 Å². The van der Waals surface area contributed by atoms with Crippen LogP contribution in [0.2, 0.25) is 0 Å². The highest BCUT2D eigenvalue weighted by Crippen LogP contribution is 1.88. The van der Waals surface area contributed by atoms with Crippen LogP contribution in [0.15, 0.2) is 0 Å². The molecule has 0 amide bonds. The van der Waals surface area contributed by atoms with Gasteiger partial charge in [0.2, 0.25) is 0 Å². The molecular formula is C8H23NO. The van der Waals surface area contributed by atoms with Crippen molar-refractivity contribution >= 4 is 0 Å². The molecule has 0 spiro atoms. The summed E-state index contributed by atoms with van der Waals surface area (Å²) in [5.41, 5.74) is 5.40. The monoisotopic (exact) mass is 149 g/mol. The fraction of sp³-hybridized carbons (Fsp3) is 1.00. The first-order valence-electron chi connectivity index (χ1n) is 3.97. The molecule has 0 heterocycles. The van der Waals surface area contributed by atoms with E-state index in [0.29, 0.717) is 6.04 Å². The largest absolute Gasteiger partial charge is 0.400 e. The van der Waals surface area contributed by atoms with E-state index in [2.05, 4.69) is 6.92 Å². The van der Waals surface area contributed by atoms with Gasteiger partial charge in [0.15, 0.2) is 0 Å². The molecule has 0 aliphatic rings. The SMILES string of the molecule is CC.CCCC(C)N.CO. The van der Waals surface area contributed by atoms with Crippen molar-refractivity contribution in [2.45, 2.75) is 46.6 Å². The Labute approximate surface area is 65.4 Å². The minimum Gasteiger partial charge on any atom is -0.400 e. The molecule has 0 saturated heterocycles. The van der Waals surface area contributed by atoms with Crippen molar-refractivity contribution in [3.63, 3.8) is 0 Å². The molecule has 2 heteroatoms. The summed E-state index contributed by atoms with van der Waals surface area (Å²) in [4.78, 5) is 0. The molecule has 0 aliphatic carbocycles. The van der Waals surface area contributed by atoms with Crippen molar-refractivity contribution in [2.24, 2.45) is 5.73 Å². The summed E-state index contributed by atoms with van der Waals surface area (Å²) in [7, 11) is 1.00. The third-order valence-electron chi connectivity index (χ3n) is 0.744. The lowest BCUT2D eigenvalue weighted by atomic mass is 10.2. The second-order valence-corrected chi connectivity index (χ2v) is 1.77. The maximum absolute atomic E-state index is 7.00. The van der Waals surface area contributed by atoms with Gasteiger partial charge in [-0.05, 0) is 13.3 Å². The van der Waals surface area contributed by atoms with E-state index in [1.165, 1.54) is 6.42 Å². The quantitative estimate of drug-likeness (QED) is 0.628. The van der Waals surface area contributed by atoms with Gasteiger partial charge in [-0.25, -0.2) is 0 Å². The van der Waals surface area contributed by atoms with Gasteiger partial charge >= 0.3 is 0 Å². The average Bonchev–Trinajstić information content (AvgIpc) is 1.96. The Kier molecular flexibility index (Phi) is 38.1. The summed E-state index contributed by atoms with van der Waals surface area (Å²) in [5.74, 6) is 0. The molecule has 1 atom stereocenters. The first-order valence-corrected chi connectivity index (χ1v) is 3.97. The van der Waals surface area contributed by atoms with E-state index in [-0.39, 0.29) is 0 Å². The second-order valence-electron chi connectivity index (χ2n) is 1.77. The van der Waals surface area contributed by atoms with Crippen LogP contribution in [0, 0.1) is 0 Å². The number of hydrogen-bond donors (Lipinski definition) is 2. The van der Waals surface area contributed by atoms with Crippen molar-refractivity contribution in [2.75, 3.05) is 7.11 Å². The zero-order valence-corrected chi connectivity index (χ0v) is 8.02. The number of hydrogen-bond acceptors (Lipinski definition) is 2. The maximum atomic E-state index is 7.00. The summed E-state index contributed by atoms with van der Waals surface area (Å²) in [6.07, 6.45) is 2.36. The number of aliphatic hydroxyl groups excluding tert-OH is 1. The average molecular weight is 149 g/mol. The van der Waals surface area contributed by atoms with E-state index >= 15 is 0 Å². The van der Waals surface area contributed by atoms with E-state index in [0.717, 1.165) is 13.5 Å². The van der Waals surface area contributed by atoms with Crippen molar-refractivity contribution < 1.29 is 5.11 Å². The number of aliphatic hydroxyl groups is 1. The van der Waals surface area contributed by atoms with Crippen LogP contribution in [0.5, 0.6) is 0 Å². The number of nitrogens with two attached hydrogens (primary N) is 1. The molecular weight excluding hydrogens is 126 g/mol. The minimum atomic E-state index is 0.398. The standard InChI is InChI=1S/C5H13N.C2H6.CH4O/c1-3-4-5(2)6;2*1-2/h5H,3-4,6H2,1-2H3;1-2H3;2H,1H3. The zero-order valence-electron chi connectivity index (χ0n) is 8.02. The smallest absolute Gasteiger partial charge is 0.0319 e. The highest BCUT2D eigenvalue weighted by molar-refractivity contribution is 4.47. The summed E-state index contributed by atoms with van der Waals surface area (Å²) in [6.45, 7) is 8.17. The van der Waals surface area contributed by atoms with Crippen LogP contribution in [-0.2, 0) is 0 Å². The van der Waals surface area contributed by atoms with Gasteiger partial charge in [-0.1, -0.05) is 27.2 Å². The maximum Gasteiger partial charge on any atom is 0.0319 e. The highest BCUT2D eigenvalue weighted by atomic mass is 16.2. The summed E-state index contributed by atoms with van der Waals surface area (Å²) in [5, 5.41) is 7.00. The van der Waals surface area contributed by atoms with Gasteiger partial charge in [-0.15, -0.1) is 0 Å². The normalized spacial score (nSPS) is 9.90. The Morgan fingerprint density at radius 2 is 1.60 bits per heavy atom. The molecule has 3 N–H and O–H groups in total. The topological polar surface area (TPSA) is 46.2 Å². The van der Waals surface area contributed by atoms with Gasteiger partial charge in [0, 0.05) is 13.2 Å². The van der Waals surface area contributed by atoms with E-state index in [4.69, 9.17) is 10.8 Å². The summed E-state index contributed by atoms with van der Waals surface area (Å²) < 4.78 is 0. The Bertz CT molecular complexity index is 30.4. The fourth-order valence-corrected chi connectivity index (χ4v) is 0.455. The molecule has 66 valence electrons. The Balaban J connectivity index is -0.000000105. The van der Waals surface area contributed by atoms with Crippen LogP contribution in [0.3, 0.4) is 0 Å². The van der Waals surface area contributed by atoms with Gasteiger partial charge in [0.25, 0.3) is 0 Å². The lowest BCUT2D eigenvalue weighted by Gasteiger charge is -1.96. The zero-order chi connectivity index (χ0) is 8.99. The predicted octanol–water partition coefficient (Wildman–Crippen LogP) is 1.77. The van der Waals surface area contributed by atoms with Crippen molar-refractivity contribution in [3.8, 4) is 0 Å². The summed E-state index contributed by atoms with van der Waals surface area (Å²) >= 11 is 0. The van der Waals surface area contributed by atoms with Gasteiger partial charge in [0.1, 0.15) is 0 Å². The van der Waals surface area contributed by atoms with Crippen molar-refractivity contribution in [1.82, 2.24) is 0 Å². The molecule has 2 nitrogen and oxygen atoms in total. The van der Waals surface area contributed by atoms with Gasteiger partial charge in [0.05, 0.1) is 0 Å². The molecule has 0 aromatic rings. The predicted molar refractivity (Wildman–Crippen MR) is 48.0 cm³/mol. The van der Waals surface area contributed by atoms with Gasteiger partial charge in [-0.2, -0.15) is 0 Å². The van der Waals surface area contributed by atoms with Crippen LogP contribution in [-0.4, -0.2) is 18.3 Å². The molecule has 0 rings (SSSR count). The van der Waals surface area contributed by atoms with Crippen LogP contribution >= 0.6 is 0 Å². The molecule has 0 saturated carbocycles. The fourth-order valence-electron chi connectivity index (χ4n) is 0.455. The van der Waals surface area contributed by atoms with E-state index < -0.39 is 0 Å². The Morgan fingerprint density at radius 3 is 1.60 bits per heavy atom. The lowest BCUT2D eigenvalue weighted by molar-refractivity contribution is 0.399. The molecule has 1 unspecified atom stereocenters. The van der Waals surface area contributed by atoms with Crippen LogP contribution in [0.4, 0.5) is 0 Å². The number of rotatable bonds is 2. The molecule has 0 radical (unpaired) electrons. The third kappa shape index (κ3) is 44.5. The van der Waals surface area contributed by atoms with Gasteiger partial charge < -0.3 is 10.8 Å². The highest BCUT2D eigenvalue weighted by Gasteiger charge is 1.85. The first kappa shape index (κ1) is 16.5. The second kappa shape index (κ2) is 23.1. The van der Waals surface area contributed by atoms with Crippen molar-refractivity contribution in [1.29, 1.82) is 0 Å². The van der Waals surface area contributed by atoms with Crippen LogP contribution in [0.1, 0.15) is 40.5 Å². The molecule has 0 aromatic heterocycles. The molecule has 0 aromatic carbocycles. The van der Waals surface area contributed by atoms with E-state index in [1.54, 1.807) is 0 Å². The summed E-state index contributed by atoms with van der Waals surface area (Å²) in [6, 6.07) is 0.398. The van der Waals surface area contributed by atoms with Crippen LogP contribution < -0.4 is 5.73 Å². The van der Waals surface area contributed by atoms with Crippen molar-refractivity contribution in [3.05, 3.63) is 0 Å². The minimum absolute atomic E-state index is 0.398. The molecule has 0 bridgehead atoms. The first-order chi connectivity index (χ1) is 4.77. The third-order valence-corrected chi connectivity index (χ3v) is 0.744. The Hall–Kier alpha value is -0.0800. The Morgan fingerprint density at radius 1 is 1.30 bits per heavy atom. The molecule has 10 heavy (non-hydrogen) atoms. The molecule has 0 fully saturated rings. The van der Waals surface area contributed by atoms with Crippen LogP contribution in [0.25, 0.3) is 0 Å². The van der Waals surface area contributed by atoms with Gasteiger partial charge in [-0.3, -0.25) is 0 Å². The molecule has 0 aliphatic heterocycles. The lowest BCUT2D eigenvalue weighted by Crippen LogP contribution is -2.13.